The topological polar surface area (TPSA) is 72.2 Å². The van der Waals surface area contributed by atoms with Crippen molar-refractivity contribution < 1.29 is 8.42 Å². The summed E-state index contributed by atoms with van der Waals surface area (Å²) < 4.78 is 23.5. The third kappa shape index (κ3) is 3.92. The molecule has 0 aromatic heterocycles. The van der Waals surface area contributed by atoms with Gasteiger partial charge in [-0.2, -0.15) is 0 Å². The molecule has 0 bridgehead atoms. The minimum absolute atomic E-state index is 0.148. The number of hydrazine groups is 1. The van der Waals surface area contributed by atoms with Gasteiger partial charge in [0.15, 0.2) is 0 Å². The molecule has 0 saturated heterocycles. The zero-order valence-corrected chi connectivity index (χ0v) is 12.8. The van der Waals surface area contributed by atoms with Crippen molar-refractivity contribution in [2.24, 2.45) is 17.7 Å². The molecule has 0 radical (unpaired) electrons. The van der Waals surface area contributed by atoms with Gasteiger partial charge >= 0.3 is 0 Å². The highest BCUT2D eigenvalue weighted by Crippen LogP contribution is 2.36. The number of nitrogens with one attached hydrogen (secondary N) is 1. The Hall–Kier alpha value is -0.130. The second-order valence-electron chi connectivity index (χ2n) is 6.47. The smallest absolute Gasteiger partial charge is 0.150 e. The maximum Gasteiger partial charge on any atom is 0.150 e. The fourth-order valence-corrected chi connectivity index (χ4v) is 5.24. The lowest BCUT2D eigenvalue weighted by atomic mass is 9.74. The summed E-state index contributed by atoms with van der Waals surface area (Å²) in [5.41, 5.74) is 3.02. The molecule has 4 nitrogen and oxygen atoms in total. The van der Waals surface area contributed by atoms with Crippen LogP contribution in [0, 0.1) is 11.8 Å². The van der Waals surface area contributed by atoms with Crippen LogP contribution in [0.3, 0.4) is 0 Å². The van der Waals surface area contributed by atoms with E-state index in [0.717, 1.165) is 25.7 Å². The number of nitrogens with two attached hydrogens (primary N) is 1. The molecule has 0 aromatic rings. The third-order valence-corrected chi connectivity index (χ3v) is 6.77. The van der Waals surface area contributed by atoms with Crippen LogP contribution in [0.4, 0.5) is 0 Å². The van der Waals surface area contributed by atoms with E-state index in [1.54, 1.807) is 0 Å². The lowest BCUT2D eigenvalue weighted by Crippen LogP contribution is -2.49. The molecule has 3 N–H and O–H groups in total. The van der Waals surface area contributed by atoms with Gasteiger partial charge in [-0.15, -0.1) is 0 Å². The Bertz CT molecular complexity index is 377. The zero-order chi connectivity index (χ0) is 13.9. The fraction of sp³-hybridized carbons (Fsp3) is 1.00. The number of sulfone groups is 1. The fourth-order valence-electron chi connectivity index (χ4n) is 4.05. The summed E-state index contributed by atoms with van der Waals surface area (Å²) in [6.07, 6.45) is 11.6. The maximum absolute atomic E-state index is 11.8. The first-order valence-corrected chi connectivity index (χ1v) is 9.63. The van der Waals surface area contributed by atoms with Crippen LogP contribution in [0.2, 0.25) is 0 Å². The van der Waals surface area contributed by atoms with Crippen molar-refractivity contribution >= 4 is 9.84 Å². The highest BCUT2D eigenvalue weighted by atomic mass is 32.2. The first-order chi connectivity index (χ1) is 9.02. The number of hydrogen-bond donors (Lipinski definition) is 2. The van der Waals surface area contributed by atoms with Gasteiger partial charge < -0.3 is 0 Å². The molecule has 2 aliphatic carbocycles. The van der Waals surface area contributed by atoms with E-state index >= 15 is 0 Å². The molecular formula is C14H28N2O2S. The maximum atomic E-state index is 11.8. The van der Waals surface area contributed by atoms with Crippen molar-refractivity contribution in [3.8, 4) is 0 Å². The van der Waals surface area contributed by atoms with Gasteiger partial charge in [-0.05, 0) is 43.9 Å². The zero-order valence-electron chi connectivity index (χ0n) is 12.0. The Balaban J connectivity index is 2.01. The van der Waals surface area contributed by atoms with E-state index in [9.17, 15) is 8.42 Å². The summed E-state index contributed by atoms with van der Waals surface area (Å²) in [6, 6.07) is 0.310. The predicted octanol–water partition coefficient (Wildman–Crippen LogP) is 2.00. The Labute approximate surface area is 117 Å². The molecule has 0 spiro atoms. The van der Waals surface area contributed by atoms with Gasteiger partial charge in [0.1, 0.15) is 9.84 Å². The molecule has 0 aliphatic heterocycles. The lowest BCUT2D eigenvalue weighted by Gasteiger charge is -2.39. The van der Waals surface area contributed by atoms with Crippen molar-refractivity contribution in [1.29, 1.82) is 0 Å². The molecule has 19 heavy (non-hydrogen) atoms. The van der Waals surface area contributed by atoms with Gasteiger partial charge in [0.2, 0.25) is 0 Å². The standard InChI is InChI=1S/C14H28N2O2S/c1-19(17,18)13-9-5-8-12(10-13)14(16-15)11-6-3-2-4-7-11/h11-14,16H,2-10,15H2,1H3. The highest BCUT2D eigenvalue weighted by Gasteiger charge is 2.36. The molecular weight excluding hydrogens is 260 g/mol. The number of rotatable bonds is 4. The Kier molecular flexibility index (Phi) is 5.26. The van der Waals surface area contributed by atoms with Crippen molar-refractivity contribution in [3.63, 3.8) is 0 Å². The second-order valence-corrected chi connectivity index (χ2v) is 8.79. The molecule has 3 unspecified atom stereocenters. The van der Waals surface area contributed by atoms with Crippen molar-refractivity contribution in [3.05, 3.63) is 0 Å². The SMILES string of the molecule is CS(=O)(=O)C1CCCC(C(NN)C2CCCCC2)C1. The lowest BCUT2D eigenvalue weighted by molar-refractivity contribution is 0.174. The Morgan fingerprint density at radius 2 is 1.63 bits per heavy atom. The van der Waals surface area contributed by atoms with Crippen LogP contribution < -0.4 is 11.3 Å². The largest absolute Gasteiger partial charge is 0.271 e. The normalized spacial score (nSPS) is 32.1. The Morgan fingerprint density at radius 3 is 2.21 bits per heavy atom. The van der Waals surface area contributed by atoms with Crippen LogP contribution in [-0.2, 0) is 9.84 Å². The van der Waals surface area contributed by atoms with Gasteiger partial charge in [-0.3, -0.25) is 11.3 Å². The quantitative estimate of drug-likeness (QED) is 0.613. The average molecular weight is 288 g/mol. The van der Waals surface area contributed by atoms with Gasteiger partial charge in [0.25, 0.3) is 0 Å². The molecule has 2 fully saturated rings. The van der Waals surface area contributed by atoms with E-state index in [2.05, 4.69) is 5.43 Å². The first kappa shape index (κ1) is 15.3. The molecule has 5 heteroatoms. The van der Waals surface area contributed by atoms with Crippen LogP contribution in [0.15, 0.2) is 0 Å². The van der Waals surface area contributed by atoms with Gasteiger partial charge in [-0.1, -0.05) is 25.7 Å². The molecule has 2 rings (SSSR count). The van der Waals surface area contributed by atoms with E-state index in [4.69, 9.17) is 5.84 Å². The first-order valence-electron chi connectivity index (χ1n) is 7.67. The van der Waals surface area contributed by atoms with Crippen molar-refractivity contribution in [1.82, 2.24) is 5.43 Å². The summed E-state index contributed by atoms with van der Waals surface area (Å²) in [6.45, 7) is 0. The van der Waals surface area contributed by atoms with E-state index in [0.29, 0.717) is 17.9 Å². The summed E-state index contributed by atoms with van der Waals surface area (Å²) in [5, 5.41) is -0.148. The molecule has 0 aromatic carbocycles. The molecule has 3 atom stereocenters. The minimum atomic E-state index is -2.90. The van der Waals surface area contributed by atoms with Crippen LogP contribution in [0.25, 0.3) is 0 Å². The van der Waals surface area contributed by atoms with E-state index in [-0.39, 0.29) is 5.25 Å². The average Bonchev–Trinajstić information content (AvgIpc) is 2.40. The van der Waals surface area contributed by atoms with Crippen molar-refractivity contribution in [2.45, 2.75) is 69.1 Å². The third-order valence-electron chi connectivity index (χ3n) is 5.13. The molecule has 0 heterocycles. The van der Waals surface area contributed by atoms with Gasteiger partial charge in [-0.25, -0.2) is 8.42 Å². The van der Waals surface area contributed by atoms with Crippen LogP contribution in [-0.4, -0.2) is 26.0 Å². The van der Waals surface area contributed by atoms with E-state index < -0.39 is 9.84 Å². The summed E-state index contributed by atoms with van der Waals surface area (Å²) in [5.74, 6) is 6.86. The van der Waals surface area contributed by atoms with Crippen molar-refractivity contribution in [2.75, 3.05) is 6.26 Å². The molecule has 0 amide bonds. The van der Waals surface area contributed by atoms with E-state index in [1.807, 2.05) is 0 Å². The van der Waals surface area contributed by atoms with Gasteiger partial charge in [0.05, 0.1) is 5.25 Å². The van der Waals surface area contributed by atoms with Crippen LogP contribution in [0.5, 0.6) is 0 Å². The summed E-state index contributed by atoms with van der Waals surface area (Å²) >= 11 is 0. The van der Waals surface area contributed by atoms with Crippen LogP contribution in [0.1, 0.15) is 57.8 Å². The molecule has 2 saturated carbocycles. The van der Waals surface area contributed by atoms with E-state index in [1.165, 1.54) is 38.4 Å². The monoisotopic (exact) mass is 288 g/mol. The molecule has 112 valence electrons. The minimum Gasteiger partial charge on any atom is -0.271 e. The predicted molar refractivity (Wildman–Crippen MR) is 78.3 cm³/mol. The molecule has 2 aliphatic rings. The summed E-state index contributed by atoms with van der Waals surface area (Å²) in [4.78, 5) is 0. The van der Waals surface area contributed by atoms with Gasteiger partial charge in [0, 0.05) is 12.3 Å². The second kappa shape index (κ2) is 6.55. The Morgan fingerprint density at radius 1 is 1.00 bits per heavy atom. The highest BCUT2D eigenvalue weighted by molar-refractivity contribution is 7.91. The number of hydrogen-bond acceptors (Lipinski definition) is 4. The summed E-state index contributed by atoms with van der Waals surface area (Å²) in [7, 11) is -2.90. The van der Waals surface area contributed by atoms with Crippen LogP contribution >= 0.6 is 0 Å².